The minimum atomic E-state index is -2.17. The molecule has 0 aromatic heterocycles. The minimum Gasteiger partial charge on any atom is -0.402 e. The maximum atomic E-state index is 12.6. The Labute approximate surface area is 112 Å². The van der Waals surface area contributed by atoms with E-state index in [1.807, 2.05) is 0 Å². The van der Waals surface area contributed by atoms with Gasteiger partial charge in [0.1, 0.15) is 5.82 Å². The molecule has 1 unspecified atom stereocenters. The van der Waals surface area contributed by atoms with Gasteiger partial charge in [0.2, 0.25) is 0 Å². The Balaban J connectivity index is 0.000000711. The first-order valence-electron chi connectivity index (χ1n) is 5.69. The topological polar surface area (TPSA) is 101 Å². The molecule has 0 aliphatic heterocycles. The van der Waals surface area contributed by atoms with Gasteiger partial charge in [0, 0.05) is 6.42 Å². The van der Waals surface area contributed by atoms with Crippen molar-refractivity contribution in [3.63, 3.8) is 0 Å². The lowest BCUT2D eigenvalue weighted by atomic mass is 9.82. The summed E-state index contributed by atoms with van der Waals surface area (Å²) in [5, 5.41) is 41.3. The number of aliphatic hydroxyl groups is 2. The quantitative estimate of drug-likeness (QED) is 0.493. The van der Waals surface area contributed by atoms with E-state index in [9.17, 15) is 14.6 Å². The van der Waals surface area contributed by atoms with Crippen LogP contribution in [0.2, 0.25) is 0 Å². The van der Waals surface area contributed by atoms with Crippen LogP contribution in [0.5, 0.6) is 0 Å². The Hall–Kier alpha value is -0.985. The van der Waals surface area contributed by atoms with Gasteiger partial charge in [-0.3, -0.25) is 0 Å². The van der Waals surface area contributed by atoms with Crippen LogP contribution in [0.3, 0.4) is 0 Å². The van der Waals surface area contributed by atoms with Crippen LogP contribution in [-0.4, -0.2) is 43.8 Å². The van der Waals surface area contributed by atoms with Crippen LogP contribution in [0.4, 0.5) is 4.39 Å². The standard InChI is InChI=1S/C12H17FO2.BH3O3/c1-11(2,14)12(3,15)8-9-4-6-10(13)7-5-9;2-1(3)4/h4-7,14-15H,8H2,1-3H3;2-4H. The second-order valence-corrected chi connectivity index (χ2v) is 4.98. The molecule has 0 heterocycles. The Morgan fingerprint density at radius 1 is 1.00 bits per heavy atom. The van der Waals surface area contributed by atoms with E-state index in [-0.39, 0.29) is 12.2 Å². The summed E-state index contributed by atoms with van der Waals surface area (Å²) in [6, 6.07) is 5.90. The van der Waals surface area contributed by atoms with Gasteiger partial charge in [0.25, 0.3) is 0 Å². The molecule has 5 N–H and O–H groups in total. The summed E-state index contributed by atoms with van der Waals surface area (Å²) in [5.74, 6) is -0.304. The van der Waals surface area contributed by atoms with E-state index in [2.05, 4.69) is 0 Å². The van der Waals surface area contributed by atoms with Crippen LogP contribution >= 0.6 is 0 Å². The predicted octanol–water partition coefficient (Wildman–Crippen LogP) is -0.162. The van der Waals surface area contributed by atoms with Crippen molar-refractivity contribution in [1.82, 2.24) is 0 Å². The summed E-state index contributed by atoms with van der Waals surface area (Å²) in [7, 11) is -2.17. The SMILES string of the molecule is CC(C)(O)C(C)(O)Cc1ccc(F)cc1.OB(O)O. The van der Waals surface area contributed by atoms with Gasteiger partial charge in [-0.25, -0.2) is 4.39 Å². The van der Waals surface area contributed by atoms with Crippen molar-refractivity contribution in [2.24, 2.45) is 0 Å². The van der Waals surface area contributed by atoms with Gasteiger partial charge in [-0.2, -0.15) is 0 Å². The van der Waals surface area contributed by atoms with Crippen molar-refractivity contribution in [3.8, 4) is 0 Å². The monoisotopic (exact) mass is 274 g/mol. The summed E-state index contributed by atoms with van der Waals surface area (Å²) in [6.45, 7) is 4.67. The maximum Gasteiger partial charge on any atom is 0.631 e. The van der Waals surface area contributed by atoms with E-state index in [4.69, 9.17) is 15.1 Å². The van der Waals surface area contributed by atoms with Crippen LogP contribution in [0.1, 0.15) is 26.3 Å². The van der Waals surface area contributed by atoms with E-state index in [0.717, 1.165) is 5.56 Å². The first kappa shape index (κ1) is 18.0. The zero-order valence-electron chi connectivity index (χ0n) is 11.2. The van der Waals surface area contributed by atoms with Crippen LogP contribution in [0.15, 0.2) is 24.3 Å². The van der Waals surface area contributed by atoms with E-state index < -0.39 is 18.5 Å². The Kier molecular flexibility index (Phi) is 6.61. The highest BCUT2D eigenvalue weighted by Crippen LogP contribution is 2.25. The number of rotatable bonds is 3. The molecule has 19 heavy (non-hydrogen) atoms. The molecule has 0 spiro atoms. The van der Waals surface area contributed by atoms with Crippen molar-refractivity contribution in [3.05, 3.63) is 35.6 Å². The summed E-state index contributed by atoms with van der Waals surface area (Å²) in [6.07, 6.45) is 0.288. The molecular formula is C12H20BFO5. The fraction of sp³-hybridized carbons (Fsp3) is 0.500. The van der Waals surface area contributed by atoms with Gasteiger partial charge in [-0.15, -0.1) is 0 Å². The summed E-state index contributed by atoms with van der Waals surface area (Å²) >= 11 is 0. The molecule has 0 bridgehead atoms. The molecule has 0 aliphatic rings. The van der Waals surface area contributed by atoms with E-state index in [1.54, 1.807) is 32.9 Å². The molecule has 7 heteroatoms. The second-order valence-electron chi connectivity index (χ2n) is 4.98. The summed E-state index contributed by atoms with van der Waals surface area (Å²) in [5.41, 5.74) is -1.63. The van der Waals surface area contributed by atoms with Crippen molar-refractivity contribution >= 4 is 7.32 Å². The third kappa shape index (κ3) is 7.24. The maximum absolute atomic E-state index is 12.6. The zero-order valence-corrected chi connectivity index (χ0v) is 11.2. The summed E-state index contributed by atoms with van der Waals surface area (Å²) < 4.78 is 12.6. The highest BCUT2D eigenvalue weighted by molar-refractivity contribution is 6.30. The second kappa shape index (κ2) is 6.97. The lowest BCUT2D eigenvalue weighted by molar-refractivity contribution is -0.118. The van der Waals surface area contributed by atoms with Crippen molar-refractivity contribution in [1.29, 1.82) is 0 Å². The molecule has 1 atom stereocenters. The molecule has 5 nitrogen and oxygen atoms in total. The van der Waals surface area contributed by atoms with Crippen molar-refractivity contribution < 1.29 is 29.7 Å². The van der Waals surface area contributed by atoms with Crippen LogP contribution in [0, 0.1) is 5.82 Å². The third-order valence-corrected chi connectivity index (χ3v) is 2.78. The molecule has 0 aliphatic carbocycles. The zero-order chi connectivity index (χ0) is 15.3. The molecule has 1 aromatic rings. The van der Waals surface area contributed by atoms with Gasteiger partial charge in [-0.1, -0.05) is 12.1 Å². The number of hydrogen-bond donors (Lipinski definition) is 5. The lowest BCUT2D eigenvalue weighted by Crippen LogP contribution is -2.49. The first-order chi connectivity index (χ1) is 8.45. The fourth-order valence-corrected chi connectivity index (χ4v) is 1.22. The average Bonchev–Trinajstić information content (AvgIpc) is 2.18. The molecule has 1 rings (SSSR count). The highest BCUT2D eigenvalue weighted by Gasteiger charge is 2.37. The molecule has 0 radical (unpaired) electrons. The molecule has 0 saturated carbocycles. The number of halogens is 1. The van der Waals surface area contributed by atoms with E-state index in [1.165, 1.54) is 12.1 Å². The third-order valence-electron chi connectivity index (χ3n) is 2.78. The normalized spacial score (nSPS) is 14.2. The summed E-state index contributed by atoms with van der Waals surface area (Å²) in [4.78, 5) is 0. The Bertz CT molecular complexity index is 370. The van der Waals surface area contributed by atoms with Gasteiger partial charge in [-0.05, 0) is 38.5 Å². The van der Waals surface area contributed by atoms with E-state index in [0.29, 0.717) is 0 Å². The Morgan fingerprint density at radius 2 is 1.37 bits per heavy atom. The molecule has 0 amide bonds. The molecule has 0 fully saturated rings. The molecular weight excluding hydrogens is 254 g/mol. The largest absolute Gasteiger partial charge is 0.631 e. The van der Waals surface area contributed by atoms with Crippen LogP contribution in [0.25, 0.3) is 0 Å². The Morgan fingerprint density at radius 3 is 1.68 bits per heavy atom. The molecule has 108 valence electrons. The molecule has 1 aromatic carbocycles. The van der Waals surface area contributed by atoms with Gasteiger partial charge < -0.3 is 25.3 Å². The smallest absolute Gasteiger partial charge is 0.402 e. The average molecular weight is 274 g/mol. The number of benzene rings is 1. The minimum absolute atomic E-state index is 0.288. The first-order valence-corrected chi connectivity index (χ1v) is 5.69. The van der Waals surface area contributed by atoms with E-state index >= 15 is 0 Å². The van der Waals surface area contributed by atoms with Crippen molar-refractivity contribution in [2.45, 2.75) is 38.4 Å². The van der Waals surface area contributed by atoms with Gasteiger partial charge in [0.15, 0.2) is 0 Å². The highest BCUT2D eigenvalue weighted by atomic mass is 19.1. The van der Waals surface area contributed by atoms with Crippen LogP contribution < -0.4 is 0 Å². The van der Waals surface area contributed by atoms with Crippen molar-refractivity contribution in [2.75, 3.05) is 0 Å². The predicted molar refractivity (Wildman–Crippen MR) is 69.4 cm³/mol. The number of hydrogen-bond acceptors (Lipinski definition) is 5. The van der Waals surface area contributed by atoms with Gasteiger partial charge >= 0.3 is 7.32 Å². The van der Waals surface area contributed by atoms with Crippen LogP contribution in [-0.2, 0) is 6.42 Å². The van der Waals surface area contributed by atoms with Gasteiger partial charge in [0.05, 0.1) is 11.2 Å². The lowest BCUT2D eigenvalue weighted by Gasteiger charge is -2.35. The fourth-order valence-electron chi connectivity index (χ4n) is 1.22. The molecule has 0 saturated heterocycles.